The summed E-state index contributed by atoms with van der Waals surface area (Å²) in [4.78, 5) is 116. The van der Waals surface area contributed by atoms with E-state index in [-0.39, 0.29) is 75.3 Å². The first-order valence-corrected chi connectivity index (χ1v) is 23.5. The molecule has 5 fully saturated rings. The summed E-state index contributed by atoms with van der Waals surface area (Å²) < 4.78 is 0. The lowest BCUT2D eigenvalue weighted by molar-refractivity contribution is -0.151. The highest BCUT2D eigenvalue weighted by atomic mass is 16.4. The van der Waals surface area contributed by atoms with Gasteiger partial charge in [0.05, 0.1) is 6.42 Å². The van der Waals surface area contributed by atoms with E-state index < -0.39 is 83.9 Å². The zero-order valence-corrected chi connectivity index (χ0v) is 37.8. The average molecular weight is 909 g/mol. The summed E-state index contributed by atoms with van der Waals surface area (Å²) in [7, 11) is 0. The molecule has 4 saturated carbocycles. The van der Waals surface area contributed by atoms with Gasteiger partial charge in [0, 0.05) is 55.9 Å². The molecule has 354 valence electrons. The summed E-state index contributed by atoms with van der Waals surface area (Å²) in [5.41, 5.74) is 7.73. The number of para-hydroxylation sites is 1. The second kappa shape index (κ2) is 21.4. The van der Waals surface area contributed by atoms with Crippen LogP contribution in [-0.2, 0) is 51.2 Å². The molecule has 0 spiro atoms. The van der Waals surface area contributed by atoms with Crippen molar-refractivity contribution in [3.8, 4) is 0 Å². The van der Waals surface area contributed by atoms with Gasteiger partial charge in [-0.15, -0.1) is 0 Å². The molecule has 0 radical (unpaired) electrons. The Balaban J connectivity index is 1.27. The molecule has 17 nitrogen and oxygen atoms in total. The van der Waals surface area contributed by atoms with E-state index in [1.54, 1.807) is 30.5 Å². The number of rotatable bonds is 13. The monoisotopic (exact) mass is 908 g/mol. The smallest absolute Gasteiger partial charge is 0.305 e. The van der Waals surface area contributed by atoms with E-state index in [2.05, 4.69) is 31.6 Å². The van der Waals surface area contributed by atoms with Gasteiger partial charge in [-0.3, -0.25) is 38.4 Å². The van der Waals surface area contributed by atoms with Crippen molar-refractivity contribution in [1.29, 1.82) is 0 Å². The number of aromatic nitrogens is 1. The molecule has 4 aliphatic carbocycles. The van der Waals surface area contributed by atoms with Crippen molar-refractivity contribution in [2.75, 3.05) is 13.1 Å². The van der Waals surface area contributed by atoms with Crippen molar-refractivity contribution in [2.24, 2.45) is 41.2 Å². The second-order valence-corrected chi connectivity index (χ2v) is 19.4. The number of H-pyrrole nitrogens is 1. The summed E-state index contributed by atoms with van der Waals surface area (Å²) >= 11 is 0. The number of benzene rings is 2. The predicted molar refractivity (Wildman–Crippen MR) is 244 cm³/mol. The number of primary amides is 1. The fourth-order valence-electron chi connectivity index (χ4n) is 11.2. The van der Waals surface area contributed by atoms with Crippen LogP contribution in [0, 0.1) is 35.5 Å². The van der Waals surface area contributed by atoms with Crippen molar-refractivity contribution in [2.45, 2.75) is 121 Å². The molecule has 66 heavy (non-hydrogen) atoms. The number of carboxylic acids is 1. The number of fused-ring (bicyclic) bond motifs is 1. The van der Waals surface area contributed by atoms with Gasteiger partial charge >= 0.3 is 5.97 Å². The SMILES string of the molecule is CC(C)CC1NC(=O)CCNC(=O)C(Cc2ccccc2)NC(=O)[C@H](Cc2c[nH]c3ccccc23)NC(=O)[C@H](CCC(N)=O)NC(=O)C(CC(=O)O)N(CC2C3CC4CC(C3)CC2C4)C1=O. The third-order valence-corrected chi connectivity index (χ3v) is 14.1. The molecule has 1 aliphatic heterocycles. The minimum Gasteiger partial charge on any atom is -0.481 e. The molecule has 7 amide bonds. The van der Waals surface area contributed by atoms with Gasteiger partial charge in [-0.25, -0.2) is 0 Å². The van der Waals surface area contributed by atoms with Crippen molar-refractivity contribution in [3.05, 3.63) is 71.9 Å². The highest BCUT2D eigenvalue weighted by Crippen LogP contribution is 2.56. The fourth-order valence-corrected chi connectivity index (χ4v) is 11.2. The number of aliphatic carboxylic acids is 1. The number of nitrogens with one attached hydrogen (secondary N) is 6. The van der Waals surface area contributed by atoms with Crippen molar-refractivity contribution >= 4 is 58.2 Å². The van der Waals surface area contributed by atoms with Gasteiger partial charge in [0.2, 0.25) is 41.4 Å². The Hall–Kier alpha value is -6.26. The standard InChI is InChI=1S/C49H64N8O9/c1-27(2)16-40-49(66)57(26-35-31-18-29-17-30(20-31)21-32(35)19-29)41(24-44(60)61)48(65)54-37(12-13-42(50)58)46(63)56-39(23-33-25-52-36-11-7-6-10-34(33)36)47(64)55-38(22-28-8-4-3-5-9-28)45(62)51-15-14-43(59)53-40/h3-11,25,27,29-32,35,37-41,52H,12-24,26H2,1-2H3,(H2,50,58)(H,51,62)(H,53,59)(H,54,65)(H,55,64)(H,56,63)(H,60,61)/t29?,30?,31?,32?,35?,37-,38?,39-,40?,41?/m0/s1. The fraction of sp³-hybridized carbons (Fsp3) is 0.551. The number of aromatic amines is 1. The first-order valence-electron chi connectivity index (χ1n) is 23.5. The Morgan fingerprint density at radius 2 is 1.36 bits per heavy atom. The number of carbonyl (C=O) groups is 8. The lowest BCUT2D eigenvalue weighted by atomic mass is 9.52. The van der Waals surface area contributed by atoms with Crippen LogP contribution in [-0.4, -0.2) is 106 Å². The maximum atomic E-state index is 15.1. The third kappa shape index (κ3) is 11.9. The summed E-state index contributed by atoms with van der Waals surface area (Å²) in [5.74, 6) is -4.83. The van der Waals surface area contributed by atoms with Crippen molar-refractivity contribution in [3.63, 3.8) is 0 Å². The number of amides is 7. The van der Waals surface area contributed by atoms with Crippen LogP contribution in [0.3, 0.4) is 0 Å². The first-order chi connectivity index (χ1) is 31.6. The molecule has 3 unspecified atom stereocenters. The normalized spacial score (nSPS) is 29.0. The number of hydrogen-bond donors (Lipinski definition) is 8. The van der Waals surface area contributed by atoms with Crippen LogP contribution in [0.2, 0.25) is 0 Å². The number of hydrogen-bond acceptors (Lipinski definition) is 8. The molecule has 8 rings (SSSR count). The van der Waals surface area contributed by atoms with Crippen LogP contribution in [0.25, 0.3) is 10.9 Å². The molecule has 2 aromatic carbocycles. The molecule has 1 aromatic heterocycles. The largest absolute Gasteiger partial charge is 0.481 e. The topological polar surface area (TPSA) is 262 Å². The number of nitrogens with two attached hydrogens (primary N) is 1. The molecule has 17 heteroatoms. The van der Waals surface area contributed by atoms with Crippen LogP contribution >= 0.6 is 0 Å². The maximum absolute atomic E-state index is 15.1. The summed E-state index contributed by atoms with van der Waals surface area (Å²) in [5, 5.41) is 25.0. The van der Waals surface area contributed by atoms with Gasteiger partial charge in [-0.05, 0) is 97.6 Å². The maximum Gasteiger partial charge on any atom is 0.305 e. The third-order valence-electron chi connectivity index (χ3n) is 14.1. The van der Waals surface area contributed by atoms with E-state index in [0.717, 1.165) is 42.1 Å². The van der Waals surface area contributed by atoms with E-state index in [4.69, 9.17) is 5.73 Å². The van der Waals surface area contributed by atoms with Crippen LogP contribution in [0.5, 0.6) is 0 Å². The quantitative estimate of drug-likeness (QED) is 0.125. The molecule has 2 heterocycles. The molecule has 5 atom stereocenters. The lowest BCUT2D eigenvalue weighted by Gasteiger charge is -2.55. The van der Waals surface area contributed by atoms with Crippen LogP contribution in [0.4, 0.5) is 0 Å². The van der Waals surface area contributed by atoms with Gasteiger partial charge < -0.3 is 47.3 Å². The van der Waals surface area contributed by atoms with E-state index in [0.29, 0.717) is 17.4 Å². The molecule has 9 N–H and O–H groups in total. The van der Waals surface area contributed by atoms with E-state index >= 15 is 4.79 Å². The van der Waals surface area contributed by atoms with E-state index in [1.807, 2.05) is 44.2 Å². The summed E-state index contributed by atoms with van der Waals surface area (Å²) in [6.07, 6.45) is 5.30. The lowest BCUT2D eigenvalue weighted by Crippen LogP contribution is -2.62. The predicted octanol–water partition coefficient (Wildman–Crippen LogP) is 2.47. The van der Waals surface area contributed by atoms with Crippen LogP contribution in [0.1, 0.15) is 89.2 Å². The number of nitrogens with zero attached hydrogens (tertiary/aromatic N) is 1. The summed E-state index contributed by atoms with van der Waals surface area (Å²) in [6.45, 7) is 3.69. The van der Waals surface area contributed by atoms with Gasteiger partial charge in [-0.1, -0.05) is 62.4 Å². The Bertz CT molecular complexity index is 2250. The summed E-state index contributed by atoms with van der Waals surface area (Å²) in [6, 6.07) is 9.60. The minimum atomic E-state index is -1.62. The minimum absolute atomic E-state index is 0.0142. The van der Waals surface area contributed by atoms with E-state index in [9.17, 15) is 38.7 Å². The van der Waals surface area contributed by atoms with Crippen LogP contribution < -0.4 is 32.3 Å². The Morgan fingerprint density at radius 3 is 2.02 bits per heavy atom. The van der Waals surface area contributed by atoms with Crippen LogP contribution in [0.15, 0.2) is 60.8 Å². The second-order valence-electron chi connectivity index (χ2n) is 19.4. The van der Waals surface area contributed by atoms with Gasteiger partial charge in [0.25, 0.3) is 0 Å². The van der Waals surface area contributed by atoms with Crippen molar-refractivity contribution < 1.29 is 43.5 Å². The van der Waals surface area contributed by atoms with E-state index in [1.165, 1.54) is 11.3 Å². The highest BCUT2D eigenvalue weighted by Gasteiger charge is 2.50. The Labute approximate surface area is 384 Å². The zero-order chi connectivity index (χ0) is 47.1. The first kappa shape index (κ1) is 47.7. The molecular weight excluding hydrogens is 845 g/mol. The van der Waals surface area contributed by atoms with Gasteiger partial charge in [0.15, 0.2) is 0 Å². The molecule has 5 aliphatic rings. The Kier molecular flexibility index (Phi) is 15.4. The average Bonchev–Trinajstić information content (AvgIpc) is 3.68. The molecule has 4 bridgehead atoms. The zero-order valence-electron chi connectivity index (χ0n) is 37.8. The van der Waals surface area contributed by atoms with Crippen molar-refractivity contribution in [1.82, 2.24) is 36.5 Å². The van der Waals surface area contributed by atoms with Gasteiger partial charge in [0.1, 0.15) is 30.2 Å². The highest BCUT2D eigenvalue weighted by molar-refractivity contribution is 5.98. The van der Waals surface area contributed by atoms with Gasteiger partial charge in [-0.2, -0.15) is 0 Å². The number of carbonyl (C=O) groups excluding carboxylic acids is 7. The molecule has 3 aromatic rings. The Morgan fingerprint density at radius 1 is 0.742 bits per heavy atom. The number of carboxylic acid groups (broad SMARTS) is 1. The molecular formula is C49H64N8O9. The molecule has 1 saturated heterocycles.